The Morgan fingerprint density at radius 2 is 1.07 bits per heavy atom. The van der Waals surface area contributed by atoms with Crippen molar-refractivity contribution in [3.8, 4) is 0 Å². The summed E-state index contributed by atoms with van der Waals surface area (Å²) in [6.07, 6.45) is 1.57. The summed E-state index contributed by atoms with van der Waals surface area (Å²) in [5.41, 5.74) is 0. The molecule has 27 heavy (non-hydrogen) atoms. The van der Waals surface area contributed by atoms with E-state index in [4.69, 9.17) is 14.2 Å². The average molecular weight is 400 g/mol. The summed E-state index contributed by atoms with van der Waals surface area (Å²) >= 11 is 0. The van der Waals surface area contributed by atoms with Gasteiger partial charge in [0.05, 0.1) is 0 Å². The van der Waals surface area contributed by atoms with Crippen LogP contribution in [-0.4, -0.2) is 22.3 Å². The van der Waals surface area contributed by atoms with Crippen LogP contribution in [0.2, 0.25) is 0 Å². The lowest BCUT2D eigenvalue weighted by atomic mass is 9.98. The predicted molar refractivity (Wildman–Crippen MR) is 112 cm³/mol. The molecule has 5 heteroatoms. The zero-order valence-corrected chi connectivity index (χ0v) is 18.1. The molecule has 0 aromatic heterocycles. The smallest absolute Gasteiger partial charge is 0.173 e. The van der Waals surface area contributed by atoms with E-state index in [1.165, 1.54) is 10.6 Å². The van der Waals surface area contributed by atoms with Crippen LogP contribution in [0.4, 0.5) is 0 Å². The van der Waals surface area contributed by atoms with Crippen LogP contribution in [0, 0.1) is 0 Å². The molecule has 0 radical (unpaired) electrons. The average Bonchev–Trinajstić information content (AvgIpc) is 2.56. The van der Waals surface area contributed by atoms with Crippen LogP contribution in [0.5, 0.6) is 0 Å². The molecule has 6 rings (SSSR count). The summed E-state index contributed by atoms with van der Waals surface area (Å²) < 4.78 is 19.7. The van der Waals surface area contributed by atoms with E-state index in [2.05, 4.69) is 88.4 Å². The van der Waals surface area contributed by atoms with Gasteiger partial charge < -0.3 is 14.2 Å². The molecule has 4 aliphatic rings. The monoisotopic (exact) mass is 400 g/mol. The van der Waals surface area contributed by atoms with E-state index in [1.54, 1.807) is 0 Å². The van der Waals surface area contributed by atoms with E-state index in [-0.39, 0.29) is 10.7 Å². The van der Waals surface area contributed by atoms with Gasteiger partial charge in [0.25, 0.3) is 0 Å². The van der Waals surface area contributed by atoms with Gasteiger partial charge in [-0.2, -0.15) is 0 Å². The third kappa shape index (κ3) is 2.83. The normalized spacial score (nSPS) is 42.6. The molecular weight excluding hydrogens is 374 g/mol. The van der Waals surface area contributed by atoms with E-state index >= 15 is 0 Å². The predicted octanol–water partition coefficient (Wildman–Crippen LogP) is 5.25. The molecule has 4 aliphatic heterocycles. The number of benzene rings is 2. The maximum absolute atomic E-state index is 6.71. The Bertz CT molecular complexity index is 773. The van der Waals surface area contributed by atoms with Crippen molar-refractivity contribution in [3.63, 3.8) is 0 Å². The van der Waals surface area contributed by atoms with E-state index in [1.807, 2.05) is 0 Å². The van der Waals surface area contributed by atoms with Gasteiger partial charge in [0.15, 0.2) is 11.6 Å². The quantitative estimate of drug-likeness (QED) is 0.659. The Morgan fingerprint density at radius 3 is 1.48 bits per heavy atom. The Hall–Kier alpha value is -0.820. The van der Waals surface area contributed by atoms with Crippen LogP contribution in [0.25, 0.3) is 0 Å². The van der Waals surface area contributed by atoms with Gasteiger partial charge in [-0.15, -0.1) is 0 Å². The van der Waals surface area contributed by atoms with Crippen molar-refractivity contribution in [2.24, 2.45) is 0 Å². The standard InChI is InChI=1S/C22H26O3P2/c1-19-15-21(3)25-20(2,23-19)16-22(4,24-19)27(21)26(17-11-7-5-8-12-17)18-13-9-6-10-14-18/h5-14H,15-16H2,1-4H3/t19-,20-,21+,22+/m0/s1. The molecule has 4 fully saturated rings. The molecule has 4 heterocycles. The molecule has 0 N–H and O–H groups in total. The zero-order chi connectivity index (χ0) is 18.9. The van der Waals surface area contributed by atoms with Crippen molar-refractivity contribution >= 4 is 25.8 Å². The third-order valence-corrected chi connectivity index (χ3v) is 15.1. The minimum Gasteiger partial charge on any atom is -0.339 e. The summed E-state index contributed by atoms with van der Waals surface area (Å²) in [5, 5.41) is 2.37. The van der Waals surface area contributed by atoms with Crippen LogP contribution in [0.3, 0.4) is 0 Å². The van der Waals surface area contributed by atoms with Crippen LogP contribution < -0.4 is 10.6 Å². The van der Waals surface area contributed by atoms with Crippen molar-refractivity contribution < 1.29 is 14.2 Å². The summed E-state index contributed by atoms with van der Waals surface area (Å²) in [4.78, 5) is 0. The lowest BCUT2D eigenvalue weighted by molar-refractivity contribution is -0.467. The Morgan fingerprint density at radius 1 is 0.667 bits per heavy atom. The van der Waals surface area contributed by atoms with Gasteiger partial charge in [-0.25, -0.2) is 0 Å². The van der Waals surface area contributed by atoms with Crippen molar-refractivity contribution in [2.75, 3.05) is 0 Å². The fourth-order valence-electron chi connectivity index (χ4n) is 5.51. The van der Waals surface area contributed by atoms with Crippen LogP contribution in [0.15, 0.2) is 60.7 Å². The first-order valence-electron chi connectivity index (χ1n) is 9.55. The molecule has 0 aliphatic carbocycles. The van der Waals surface area contributed by atoms with Gasteiger partial charge in [0.1, 0.15) is 10.7 Å². The van der Waals surface area contributed by atoms with Gasteiger partial charge in [0.2, 0.25) is 0 Å². The lowest BCUT2D eigenvalue weighted by Gasteiger charge is -2.70. The SMILES string of the molecule is C[C@@]12C[C@]3(C)O[C@@](C)(C[C@](C)(O1)P3P(c1ccccc1)c1ccccc1)O2. The van der Waals surface area contributed by atoms with Crippen LogP contribution >= 0.6 is 15.2 Å². The van der Waals surface area contributed by atoms with E-state index in [9.17, 15) is 0 Å². The van der Waals surface area contributed by atoms with Gasteiger partial charge in [0, 0.05) is 12.8 Å². The molecule has 0 spiro atoms. The summed E-state index contributed by atoms with van der Waals surface area (Å²) in [6, 6.07) is 21.9. The first kappa shape index (κ1) is 18.2. The van der Waals surface area contributed by atoms with Crippen molar-refractivity contribution in [1.29, 1.82) is 0 Å². The second kappa shape index (κ2) is 5.85. The molecule has 0 unspecified atom stereocenters. The van der Waals surface area contributed by atoms with E-state index in [0.717, 1.165) is 12.8 Å². The van der Waals surface area contributed by atoms with Crippen LogP contribution in [-0.2, 0) is 14.2 Å². The first-order valence-corrected chi connectivity index (χ1v) is 12.9. The Labute approximate surface area is 163 Å². The zero-order valence-electron chi connectivity index (χ0n) is 16.3. The molecule has 4 saturated heterocycles. The van der Waals surface area contributed by atoms with Gasteiger partial charge >= 0.3 is 0 Å². The molecule has 142 valence electrons. The van der Waals surface area contributed by atoms with Gasteiger partial charge in [-0.3, -0.25) is 0 Å². The van der Waals surface area contributed by atoms with E-state index in [0.29, 0.717) is 0 Å². The summed E-state index contributed by atoms with van der Waals surface area (Å²) in [5.74, 6) is -1.11. The fraction of sp³-hybridized carbons (Fsp3) is 0.455. The molecule has 0 saturated carbocycles. The largest absolute Gasteiger partial charge is 0.339 e. The second-order valence-electron chi connectivity index (χ2n) is 8.57. The molecular formula is C22H26O3P2. The van der Waals surface area contributed by atoms with Crippen molar-refractivity contribution in [3.05, 3.63) is 60.7 Å². The number of hydrogen-bond donors (Lipinski definition) is 0. The second-order valence-corrected chi connectivity index (χ2v) is 15.1. The van der Waals surface area contributed by atoms with Gasteiger partial charge in [-0.05, 0) is 53.5 Å². The first-order chi connectivity index (χ1) is 12.7. The van der Waals surface area contributed by atoms with Crippen molar-refractivity contribution in [1.82, 2.24) is 0 Å². The highest BCUT2D eigenvalue weighted by atomic mass is 32.1. The maximum Gasteiger partial charge on any atom is 0.173 e. The maximum atomic E-state index is 6.71. The topological polar surface area (TPSA) is 27.7 Å². The highest BCUT2D eigenvalue weighted by Crippen LogP contribution is 2.88. The van der Waals surface area contributed by atoms with Crippen LogP contribution in [0.1, 0.15) is 40.5 Å². The molecule has 3 nitrogen and oxygen atoms in total. The molecule has 2 aromatic carbocycles. The molecule has 0 amide bonds. The third-order valence-electron chi connectivity index (χ3n) is 5.70. The van der Waals surface area contributed by atoms with Gasteiger partial charge in [-0.1, -0.05) is 60.7 Å². The molecule has 4 bridgehead atoms. The highest BCUT2D eigenvalue weighted by molar-refractivity contribution is 8.37. The molecule has 4 atom stereocenters. The minimum atomic E-state index is -0.609. The summed E-state index contributed by atoms with van der Waals surface area (Å²) in [7, 11) is -1.19. The number of hydrogen-bond acceptors (Lipinski definition) is 3. The minimum absolute atomic E-state index is 0.223. The van der Waals surface area contributed by atoms with Crippen molar-refractivity contribution in [2.45, 2.75) is 62.8 Å². The highest BCUT2D eigenvalue weighted by Gasteiger charge is 2.72. The number of rotatable bonds is 3. The lowest BCUT2D eigenvalue weighted by Crippen LogP contribution is -2.71. The summed E-state index contributed by atoms with van der Waals surface area (Å²) in [6.45, 7) is 8.78. The Balaban J connectivity index is 1.69. The fourth-order valence-corrected chi connectivity index (χ4v) is 15.9. The Kier molecular flexibility index (Phi) is 3.95. The van der Waals surface area contributed by atoms with E-state index < -0.39 is 26.8 Å². The molecule has 2 aromatic rings. The number of ether oxygens (including phenoxy) is 3.